The first-order chi connectivity index (χ1) is 10.1. The third-order valence-corrected chi connectivity index (χ3v) is 5.54. The highest BCUT2D eigenvalue weighted by molar-refractivity contribution is 6.31. The topological polar surface area (TPSA) is 29.9 Å². The first-order valence-corrected chi connectivity index (χ1v) is 8.38. The second-order valence-electron chi connectivity index (χ2n) is 6.91. The fraction of sp³-hybridized carbons (Fsp3) is 0.588. The smallest absolute Gasteiger partial charge is 0.117 e. The number of rotatable bonds is 3. The van der Waals surface area contributed by atoms with Gasteiger partial charge >= 0.3 is 0 Å². The molecule has 1 unspecified atom stereocenters. The van der Waals surface area contributed by atoms with Gasteiger partial charge in [-0.1, -0.05) is 25.4 Å². The minimum atomic E-state index is 0.161. The van der Waals surface area contributed by atoms with Gasteiger partial charge in [-0.25, -0.2) is 4.98 Å². The maximum atomic E-state index is 6.17. The summed E-state index contributed by atoms with van der Waals surface area (Å²) in [7, 11) is 0. The lowest BCUT2D eigenvalue weighted by atomic mass is 9.75. The molecule has 3 nitrogen and oxygen atoms in total. The molecule has 1 atom stereocenters. The van der Waals surface area contributed by atoms with E-state index in [9.17, 15) is 0 Å². The third-order valence-electron chi connectivity index (χ3n) is 5.30. The summed E-state index contributed by atoms with van der Waals surface area (Å²) in [6.45, 7) is 6.79. The maximum absolute atomic E-state index is 6.17. The van der Waals surface area contributed by atoms with Crippen LogP contribution in [0.15, 0.2) is 18.2 Å². The van der Waals surface area contributed by atoms with E-state index in [0.29, 0.717) is 12.0 Å². The first kappa shape index (κ1) is 13.6. The number of aromatic nitrogens is 2. The van der Waals surface area contributed by atoms with Crippen molar-refractivity contribution in [2.24, 2.45) is 5.92 Å². The van der Waals surface area contributed by atoms with Gasteiger partial charge in [0.15, 0.2) is 0 Å². The molecular weight excluding hydrogens is 282 g/mol. The Morgan fingerprint density at radius 3 is 2.81 bits per heavy atom. The van der Waals surface area contributed by atoms with Gasteiger partial charge in [-0.15, -0.1) is 0 Å². The van der Waals surface area contributed by atoms with Crippen LogP contribution in [0.4, 0.5) is 0 Å². The number of fused-ring (bicyclic) bond motifs is 1. The van der Waals surface area contributed by atoms with Crippen LogP contribution in [0.1, 0.15) is 45.0 Å². The SMILES string of the molecule is CC(C)C1(c2nc3cc(Cl)ccc3n2C2CC2)CCNC1. The summed E-state index contributed by atoms with van der Waals surface area (Å²) >= 11 is 6.17. The Balaban J connectivity index is 1.97. The molecule has 2 heterocycles. The molecule has 0 spiro atoms. The van der Waals surface area contributed by atoms with Gasteiger partial charge in [-0.2, -0.15) is 0 Å². The lowest BCUT2D eigenvalue weighted by Crippen LogP contribution is -2.37. The molecular formula is C17H22ClN3. The van der Waals surface area contributed by atoms with E-state index in [1.165, 1.54) is 30.6 Å². The van der Waals surface area contributed by atoms with Crippen LogP contribution in [0.5, 0.6) is 0 Å². The van der Waals surface area contributed by atoms with Gasteiger partial charge in [0.05, 0.1) is 11.0 Å². The molecule has 2 aromatic rings. The van der Waals surface area contributed by atoms with E-state index in [1.54, 1.807) is 0 Å². The predicted octanol–water partition coefficient (Wildman–Crippen LogP) is 3.91. The second-order valence-corrected chi connectivity index (χ2v) is 7.34. The molecule has 4 rings (SSSR count). The van der Waals surface area contributed by atoms with Crippen molar-refractivity contribution >= 4 is 22.6 Å². The molecule has 0 amide bonds. The van der Waals surface area contributed by atoms with Crippen LogP contribution < -0.4 is 5.32 Å². The lowest BCUT2D eigenvalue weighted by molar-refractivity contribution is 0.307. The van der Waals surface area contributed by atoms with Crippen LogP contribution in [0.2, 0.25) is 5.02 Å². The van der Waals surface area contributed by atoms with E-state index in [0.717, 1.165) is 23.6 Å². The Hall–Kier alpha value is -1.06. The predicted molar refractivity (Wildman–Crippen MR) is 87.0 cm³/mol. The largest absolute Gasteiger partial charge is 0.324 e. The van der Waals surface area contributed by atoms with Crippen molar-refractivity contribution in [3.8, 4) is 0 Å². The summed E-state index contributed by atoms with van der Waals surface area (Å²) in [6, 6.07) is 6.78. The number of hydrogen-bond acceptors (Lipinski definition) is 2. The van der Waals surface area contributed by atoms with E-state index in [4.69, 9.17) is 16.6 Å². The van der Waals surface area contributed by atoms with E-state index in [2.05, 4.69) is 29.8 Å². The number of imidazole rings is 1. The fourth-order valence-electron chi connectivity index (χ4n) is 3.78. The fourth-order valence-corrected chi connectivity index (χ4v) is 3.94. The van der Waals surface area contributed by atoms with Crippen LogP contribution in [0.3, 0.4) is 0 Å². The van der Waals surface area contributed by atoms with Crippen LogP contribution in [0, 0.1) is 5.92 Å². The van der Waals surface area contributed by atoms with E-state index in [1.807, 2.05) is 12.1 Å². The molecule has 1 aliphatic heterocycles. The summed E-state index contributed by atoms with van der Waals surface area (Å²) in [5, 5.41) is 4.33. The van der Waals surface area contributed by atoms with Gasteiger partial charge in [-0.3, -0.25) is 0 Å². The zero-order valence-corrected chi connectivity index (χ0v) is 13.5. The highest BCUT2D eigenvalue weighted by Crippen LogP contribution is 2.45. The Labute approximate surface area is 130 Å². The summed E-state index contributed by atoms with van der Waals surface area (Å²) < 4.78 is 2.51. The standard InChI is InChI=1S/C17H22ClN3/c1-11(2)17(7-8-19-10-17)16-20-14-9-12(18)3-6-15(14)21(16)13-4-5-13/h3,6,9,11,13,19H,4-5,7-8,10H2,1-2H3. The summed E-state index contributed by atoms with van der Waals surface area (Å²) in [5.74, 6) is 1.86. The zero-order valence-electron chi connectivity index (χ0n) is 12.7. The van der Waals surface area contributed by atoms with Gasteiger partial charge in [0, 0.05) is 23.0 Å². The maximum Gasteiger partial charge on any atom is 0.117 e. The Morgan fingerprint density at radius 1 is 1.38 bits per heavy atom. The molecule has 112 valence electrons. The molecule has 2 fully saturated rings. The lowest BCUT2D eigenvalue weighted by Gasteiger charge is -2.32. The van der Waals surface area contributed by atoms with E-state index in [-0.39, 0.29) is 5.41 Å². The molecule has 21 heavy (non-hydrogen) atoms. The molecule has 1 aromatic carbocycles. The monoisotopic (exact) mass is 303 g/mol. The van der Waals surface area contributed by atoms with E-state index >= 15 is 0 Å². The zero-order chi connectivity index (χ0) is 14.6. The number of benzene rings is 1. The molecule has 1 N–H and O–H groups in total. The summed E-state index contributed by atoms with van der Waals surface area (Å²) in [4.78, 5) is 5.05. The minimum absolute atomic E-state index is 0.161. The normalized spacial score (nSPS) is 26.1. The van der Waals surface area contributed by atoms with Crippen molar-refractivity contribution in [3.05, 3.63) is 29.0 Å². The Morgan fingerprint density at radius 2 is 2.19 bits per heavy atom. The van der Waals surface area contributed by atoms with Gasteiger partial charge in [0.1, 0.15) is 5.82 Å². The quantitative estimate of drug-likeness (QED) is 0.931. The summed E-state index contributed by atoms with van der Waals surface area (Å²) in [5.41, 5.74) is 2.47. The first-order valence-electron chi connectivity index (χ1n) is 8.00. The van der Waals surface area contributed by atoms with Crippen molar-refractivity contribution in [2.45, 2.75) is 44.6 Å². The second kappa shape index (κ2) is 4.72. The molecule has 1 saturated heterocycles. The van der Waals surface area contributed by atoms with Crippen LogP contribution in [-0.2, 0) is 5.41 Å². The number of nitrogens with one attached hydrogen (secondary N) is 1. The van der Waals surface area contributed by atoms with Gasteiger partial charge in [0.25, 0.3) is 0 Å². The summed E-state index contributed by atoms with van der Waals surface area (Å²) in [6.07, 6.45) is 3.74. The third kappa shape index (κ3) is 2.01. The van der Waals surface area contributed by atoms with Gasteiger partial charge in [0.2, 0.25) is 0 Å². The Kier molecular flexibility index (Phi) is 3.05. The number of nitrogens with zero attached hydrogens (tertiary/aromatic N) is 2. The van der Waals surface area contributed by atoms with Crippen LogP contribution in [0.25, 0.3) is 11.0 Å². The molecule has 1 saturated carbocycles. The van der Waals surface area contributed by atoms with Crippen LogP contribution in [-0.4, -0.2) is 22.6 Å². The van der Waals surface area contributed by atoms with Crippen molar-refractivity contribution < 1.29 is 0 Å². The van der Waals surface area contributed by atoms with E-state index < -0.39 is 0 Å². The van der Waals surface area contributed by atoms with Crippen molar-refractivity contribution in [1.29, 1.82) is 0 Å². The minimum Gasteiger partial charge on any atom is -0.324 e. The molecule has 4 heteroatoms. The molecule has 1 aliphatic carbocycles. The highest BCUT2D eigenvalue weighted by Gasteiger charge is 2.44. The molecule has 1 aromatic heterocycles. The number of hydrogen-bond donors (Lipinski definition) is 1. The van der Waals surface area contributed by atoms with Crippen molar-refractivity contribution in [3.63, 3.8) is 0 Å². The average Bonchev–Trinajstić information content (AvgIpc) is 3.03. The van der Waals surface area contributed by atoms with Gasteiger partial charge in [-0.05, 0) is 49.9 Å². The highest BCUT2D eigenvalue weighted by atomic mass is 35.5. The molecule has 0 bridgehead atoms. The van der Waals surface area contributed by atoms with Crippen molar-refractivity contribution in [1.82, 2.24) is 14.9 Å². The van der Waals surface area contributed by atoms with Crippen LogP contribution >= 0.6 is 11.6 Å². The molecule has 2 aliphatic rings. The molecule has 0 radical (unpaired) electrons. The average molecular weight is 304 g/mol. The Bertz CT molecular complexity index is 679. The van der Waals surface area contributed by atoms with Gasteiger partial charge < -0.3 is 9.88 Å². The van der Waals surface area contributed by atoms with Crippen molar-refractivity contribution in [2.75, 3.05) is 13.1 Å². The number of halogens is 1.